The van der Waals surface area contributed by atoms with Gasteiger partial charge < -0.3 is 10.5 Å². The fraction of sp³-hybridized carbons (Fsp3) is 0.0625. The summed E-state index contributed by atoms with van der Waals surface area (Å²) in [6.45, 7) is 0. The SMILES string of the molecule is COc1ccc2c(c1)sc1nc(N)nc(Nc3ccccc3)[n+]12. The highest BCUT2D eigenvalue weighted by Gasteiger charge is 2.20. The van der Waals surface area contributed by atoms with E-state index in [0.717, 1.165) is 26.6 Å². The van der Waals surface area contributed by atoms with E-state index in [-0.39, 0.29) is 5.95 Å². The molecule has 0 amide bonds. The minimum Gasteiger partial charge on any atom is -0.497 e. The van der Waals surface area contributed by atoms with Crippen LogP contribution >= 0.6 is 11.3 Å². The van der Waals surface area contributed by atoms with Crippen molar-refractivity contribution < 1.29 is 9.14 Å². The van der Waals surface area contributed by atoms with E-state index in [9.17, 15) is 0 Å². The van der Waals surface area contributed by atoms with Gasteiger partial charge in [-0.25, -0.2) is 0 Å². The number of aromatic nitrogens is 3. The molecule has 0 fully saturated rings. The van der Waals surface area contributed by atoms with Crippen molar-refractivity contribution in [2.45, 2.75) is 0 Å². The number of nitrogen functional groups attached to an aromatic ring is 1. The van der Waals surface area contributed by atoms with E-state index in [2.05, 4.69) is 15.3 Å². The number of rotatable bonds is 3. The van der Waals surface area contributed by atoms with Crippen LogP contribution in [0, 0.1) is 0 Å². The molecule has 0 bridgehead atoms. The summed E-state index contributed by atoms with van der Waals surface area (Å²) < 4.78 is 8.31. The number of nitrogens with one attached hydrogen (secondary N) is 1. The van der Waals surface area contributed by atoms with Gasteiger partial charge in [-0.15, -0.1) is 0 Å². The lowest BCUT2D eigenvalue weighted by Crippen LogP contribution is -2.27. The number of thiazole rings is 1. The Morgan fingerprint density at radius 2 is 1.96 bits per heavy atom. The third-order valence-corrected chi connectivity index (χ3v) is 4.48. The van der Waals surface area contributed by atoms with Crippen LogP contribution in [0.1, 0.15) is 0 Å². The number of anilines is 3. The second kappa shape index (κ2) is 5.36. The number of nitrogens with two attached hydrogens (primary N) is 1. The molecule has 6 nitrogen and oxygen atoms in total. The molecule has 0 atom stereocenters. The zero-order valence-corrected chi connectivity index (χ0v) is 13.2. The lowest BCUT2D eigenvalue weighted by Gasteiger charge is -2.02. The first kappa shape index (κ1) is 13.7. The molecule has 0 aliphatic rings. The van der Waals surface area contributed by atoms with E-state index >= 15 is 0 Å². The van der Waals surface area contributed by atoms with Gasteiger partial charge in [-0.05, 0) is 24.3 Å². The Hall–Kier alpha value is -2.93. The molecule has 4 rings (SSSR count). The number of benzene rings is 2. The lowest BCUT2D eigenvalue weighted by molar-refractivity contribution is -0.467. The first-order chi connectivity index (χ1) is 11.2. The van der Waals surface area contributed by atoms with E-state index in [1.165, 1.54) is 0 Å². The van der Waals surface area contributed by atoms with Gasteiger partial charge in [0, 0.05) is 6.07 Å². The second-order valence-electron chi connectivity index (χ2n) is 4.95. The maximum Gasteiger partial charge on any atom is 0.362 e. The Kier molecular flexibility index (Phi) is 3.20. The molecule has 0 radical (unpaired) electrons. The lowest BCUT2D eigenvalue weighted by atomic mass is 10.3. The zero-order valence-electron chi connectivity index (χ0n) is 12.4. The number of hydrogen-bond acceptors (Lipinski definition) is 6. The van der Waals surface area contributed by atoms with Crippen molar-refractivity contribution in [1.82, 2.24) is 9.97 Å². The molecule has 3 N–H and O–H groups in total. The molecule has 7 heteroatoms. The number of methoxy groups -OCH3 is 1. The minimum atomic E-state index is 0.238. The topological polar surface area (TPSA) is 77.2 Å². The standard InChI is InChI=1S/C16H13N5OS/c1-22-11-7-8-12-13(9-11)23-16-20-14(17)19-15(21(12)16)18-10-5-3-2-4-6-10/h2-9H,1H3,(H2,17,18,19)/p+1. The minimum absolute atomic E-state index is 0.238. The third-order valence-electron chi connectivity index (χ3n) is 3.47. The van der Waals surface area contributed by atoms with Gasteiger partial charge in [0.15, 0.2) is 0 Å². The number of ether oxygens (including phenoxy) is 1. The summed E-state index contributed by atoms with van der Waals surface area (Å²) in [6, 6.07) is 15.7. The van der Waals surface area contributed by atoms with Crippen molar-refractivity contribution in [3.63, 3.8) is 0 Å². The molecule has 4 aromatic rings. The third kappa shape index (κ3) is 2.40. The molecule has 0 spiro atoms. The second-order valence-corrected chi connectivity index (χ2v) is 5.96. The highest BCUT2D eigenvalue weighted by Crippen LogP contribution is 2.26. The fourth-order valence-electron chi connectivity index (χ4n) is 2.43. The van der Waals surface area contributed by atoms with E-state index < -0.39 is 0 Å². The Morgan fingerprint density at radius 3 is 2.74 bits per heavy atom. The molecule has 0 aliphatic carbocycles. The maximum absolute atomic E-state index is 5.86. The van der Waals surface area contributed by atoms with Gasteiger partial charge in [-0.1, -0.05) is 39.5 Å². The summed E-state index contributed by atoms with van der Waals surface area (Å²) in [4.78, 5) is 9.47. The van der Waals surface area contributed by atoms with Crippen LogP contribution in [0.4, 0.5) is 17.6 Å². The van der Waals surface area contributed by atoms with Crippen molar-refractivity contribution in [1.29, 1.82) is 0 Å². The summed E-state index contributed by atoms with van der Waals surface area (Å²) in [5.41, 5.74) is 7.80. The number of fused-ring (bicyclic) bond motifs is 3. The predicted molar refractivity (Wildman–Crippen MR) is 91.3 cm³/mol. The molecule has 0 unspecified atom stereocenters. The average Bonchev–Trinajstić information content (AvgIpc) is 2.92. The summed E-state index contributed by atoms with van der Waals surface area (Å²) in [7, 11) is 1.65. The number of nitrogens with zero attached hydrogens (tertiary/aromatic N) is 3. The summed E-state index contributed by atoms with van der Waals surface area (Å²) in [6.07, 6.45) is 0. The summed E-state index contributed by atoms with van der Waals surface area (Å²) >= 11 is 1.54. The predicted octanol–water partition coefficient (Wildman–Crippen LogP) is 2.76. The van der Waals surface area contributed by atoms with E-state index in [4.69, 9.17) is 10.5 Å². The molecule has 2 heterocycles. The monoisotopic (exact) mass is 324 g/mol. The molecule has 2 aromatic carbocycles. The summed E-state index contributed by atoms with van der Waals surface area (Å²) in [5, 5.41) is 3.30. The molecule has 0 saturated carbocycles. The zero-order chi connectivity index (χ0) is 15.8. The Morgan fingerprint density at radius 1 is 1.13 bits per heavy atom. The first-order valence-corrected chi connectivity index (χ1v) is 7.84. The van der Waals surface area contributed by atoms with Crippen LogP contribution in [-0.4, -0.2) is 17.1 Å². The Balaban J connectivity index is 1.95. The van der Waals surface area contributed by atoms with E-state index in [0.29, 0.717) is 5.95 Å². The van der Waals surface area contributed by atoms with E-state index in [1.54, 1.807) is 18.4 Å². The molecule has 0 aliphatic heterocycles. The molecular weight excluding hydrogens is 310 g/mol. The van der Waals surface area contributed by atoms with Crippen LogP contribution in [0.25, 0.3) is 15.2 Å². The van der Waals surface area contributed by atoms with Gasteiger partial charge in [0.25, 0.3) is 0 Å². The molecule has 2 aromatic heterocycles. The highest BCUT2D eigenvalue weighted by molar-refractivity contribution is 7.22. The summed E-state index contributed by atoms with van der Waals surface area (Å²) in [5.74, 6) is 1.68. The van der Waals surface area contributed by atoms with Crippen LogP contribution in [0.5, 0.6) is 5.75 Å². The van der Waals surface area contributed by atoms with Crippen LogP contribution in [0.15, 0.2) is 48.5 Å². The van der Waals surface area contributed by atoms with E-state index in [1.807, 2.05) is 52.9 Å². The van der Waals surface area contributed by atoms with Gasteiger partial charge in [-0.3, -0.25) is 5.32 Å². The molecule has 23 heavy (non-hydrogen) atoms. The number of hydrogen-bond donors (Lipinski definition) is 2. The van der Waals surface area contributed by atoms with Gasteiger partial charge in [-0.2, -0.15) is 4.40 Å². The Bertz CT molecular complexity index is 1000. The van der Waals surface area contributed by atoms with Crippen molar-refractivity contribution >= 4 is 44.1 Å². The number of para-hydroxylation sites is 1. The van der Waals surface area contributed by atoms with Gasteiger partial charge in [0.05, 0.1) is 17.5 Å². The van der Waals surface area contributed by atoms with Crippen molar-refractivity contribution in [3.05, 3.63) is 48.5 Å². The normalized spacial score (nSPS) is 11.0. The van der Waals surface area contributed by atoms with Crippen molar-refractivity contribution in [2.75, 3.05) is 18.2 Å². The molecule has 0 saturated heterocycles. The van der Waals surface area contributed by atoms with Crippen molar-refractivity contribution in [2.24, 2.45) is 0 Å². The fourth-order valence-corrected chi connectivity index (χ4v) is 3.48. The van der Waals surface area contributed by atoms with Gasteiger partial charge >= 0.3 is 16.9 Å². The van der Waals surface area contributed by atoms with Gasteiger partial charge in [0.2, 0.25) is 0 Å². The molecular formula is C16H14N5OS+. The largest absolute Gasteiger partial charge is 0.497 e. The quantitative estimate of drug-likeness (QED) is 0.567. The van der Waals surface area contributed by atoms with Crippen LogP contribution in [0.3, 0.4) is 0 Å². The smallest absolute Gasteiger partial charge is 0.362 e. The average molecular weight is 324 g/mol. The van der Waals surface area contributed by atoms with Crippen LogP contribution in [0.2, 0.25) is 0 Å². The van der Waals surface area contributed by atoms with Gasteiger partial charge in [0.1, 0.15) is 11.3 Å². The maximum atomic E-state index is 5.86. The van der Waals surface area contributed by atoms with Crippen LogP contribution in [-0.2, 0) is 0 Å². The Labute approximate surface area is 136 Å². The first-order valence-electron chi connectivity index (χ1n) is 7.02. The van der Waals surface area contributed by atoms with Crippen molar-refractivity contribution in [3.8, 4) is 5.75 Å². The van der Waals surface area contributed by atoms with Crippen LogP contribution < -0.4 is 20.2 Å². The molecule has 114 valence electrons. The highest BCUT2D eigenvalue weighted by atomic mass is 32.1.